The van der Waals surface area contributed by atoms with Crippen LogP contribution in [-0.2, 0) is 26.9 Å². The van der Waals surface area contributed by atoms with Gasteiger partial charge in [-0.3, -0.25) is 4.79 Å². The summed E-state index contributed by atoms with van der Waals surface area (Å²) < 4.78 is 27.5. The summed E-state index contributed by atoms with van der Waals surface area (Å²) in [6.07, 6.45) is 1.34. The predicted octanol–water partition coefficient (Wildman–Crippen LogP) is 1.89. The molecule has 0 aliphatic rings. The monoisotopic (exact) mass is 559 g/mol. The molecule has 202 valence electrons. The van der Waals surface area contributed by atoms with Gasteiger partial charge in [-0.25, -0.2) is 0 Å². The maximum Gasteiger partial charge on any atom is 0.500 e. The second-order valence-corrected chi connectivity index (χ2v) is 14.1. The van der Waals surface area contributed by atoms with E-state index in [-0.39, 0.29) is 5.91 Å². The highest BCUT2D eigenvalue weighted by atomic mass is 28.4. The van der Waals surface area contributed by atoms with Crippen molar-refractivity contribution in [3.05, 3.63) is 0 Å². The number of nitrogens with zero attached hydrogens (tertiary/aromatic N) is 1. The highest BCUT2D eigenvalue weighted by Crippen LogP contribution is 2.17. The van der Waals surface area contributed by atoms with Crippen molar-refractivity contribution < 1.29 is 26.9 Å². The molecule has 0 radical (unpaired) electrons. The summed E-state index contributed by atoms with van der Waals surface area (Å²) in [4.78, 5) is 14.5. The smallest absolute Gasteiger partial charge is 0.398 e. The summed E-state index contributed by atoms with van der Waals surface area (Å²) in [5.41, 5.74) is 0. The van der Waals surface area contributed by atoms with Gasteiger partial charge in [0.25, 0.3) is 5.91 Å². The molecule has 0 atom stereocenters. The molecule has 0 unspecified atom stereocenters. The van der Waals surface area contributed by atoms with Crippen molar-refractivity contribution in [3.63, 3.8) is 0 Å². The van der Waals surface area contributed by atoms with Gasteiger partial charge in [0.05, 0.1) is 0 Å². The molecule has 0 aromatic carbocycles. The molecule has 0 bridgehead atoms. The van der Waals surface area contributed by atoms with Crippen LogP contribution in [-0.4, -0.2) is 76.8 Å². The molecule has 0 aromatic rings. The predicted molar refractivity (Wildman–Crippen MR) is 156 cm³/mol. The standard InChI is InChI=1S/C30H33NO6Si2/c1-8-9-10-11-12-13-14-15-16-17-18-19-20-21-22-25-30(32)31(26-23-28-38(7,33-2)34-3)27-24-29-39(35-4,36-5)37-6/h23-24,26-29H2,1-7H3. The summed E-state index contributed by atoms with van der Waals surface area (Å²) in [6.45, 7) is 4.64. The van der Waals surface area contributed by atoms with Gasteiger partial charge in [-0.2, -0.15) is 0 Å². The van der Waals surface area contributed by atoms with Crippen molar-refractivity contribution in [2.24, 2.45) is 0 Å². The van der Waals surface area contributed by atoms with E-state index in [4.69, 9.17) is 22.1 Å². The molecule has 0 N–H and O–H groups in total. The largest absolute Gasteiger partial charge is 0.500 e. The minimum Gasteiger partial charge on any atom is -0.398 e. The second-order valence-electron chi connectivity index (χ2n) is 7.46. The van der Waals surface area contributed by atoms with E-state index in [1.54, 1.807) is 47.4 Å². The first kappa shape index (κ1) is 35.2. The molecular weight excluding hydrogens is 527 g/mol. The van der Waals surface area contributed by atoms with Gasteiger partial charge in [-0.1, -0.05) is 5.92 Å². The van der Waals surface area contributed by atoms with E-state index in [0.29, 0.717) is 32.0 Å². The summed E-state index contributed by atoms with van der Waals surface area (Å²) in [5.74, 6) is 40.3. The van der Waals surface area contributed by atoms with Crippen LogP contribution in [0, 0.1) is 94.7 Å². The zero-order valence-corrected chi connectivity index (χ0v) is 25.6. The van der Waals surface area contributed by atoms with Gasteiger partial charge in [-0.05, 0) is 115 Å². The Balaban J connectivity index is 5.20. The Kier molecular flexibility index (Phi) is 20.0. The topological polar surface area (TPSA) is 66.5 Å². The third-order valence-corrected chi connectivity index (χ3v) is 11.0. The first-order chi connectivity index (χ1) is 18.9. The van der Waals surface area contributed by atoms with Crippen LogP contribution >= 0.6 is 0 Å². The Labute approximate surface area is 236 Å². The average molecular weight is 560 g/mol. The lowest BCUT2D eigenvalue weighted by molar-refractivity contribution is -0.125. The maximum absolute atomic E-state index is 12.8. The number of hydrogen-bond acceptors (Lipinski definition) is 6. The number of carbonyl (C=O) groups excluding carboxylic acids is 1. The molecule has 0 saturated carbocycles. The van der Waals surface area contributed by atoms with Gasteiger partial charge in [0.15, 0.2) is 0 Å². The lowest BCUT2D eigenvalue weighted by Gasteiger charge is -2.27. The van der Waals surface area contributed by atoms with Crippen molar-refractivity contribution in [3.8, 4) is 94.7 Å². The van der Waals surface area contributed by atoms with Gasteiger partial charge in [0.2, 0.25) is 0 Å². The zero-order chi connectivity index (χ0) is 29.2. The second kappa shape index (κ2) is 22.2. The highest BCUT2D eigenvalue weighted by molar-refractivity contribution is 6.65. The Hall–Kier alpha value is -3.82. The molecule has 0 spiro atoms. The minimum absolute atomic E-state index is 0.336. The summed E-state index contributed by atoms with van der Waals surface area (Å²) in [5, 5.41) is 0. The average Bonchev–Trinajstić information content (AvgIpc) is 2.96. The van der Waals surface area contributed by atoms with Crippen LogP contribution in [0.15, 0.2) is 0 Å². The lowest BCUT2D eigenvalue weighted by atomic mass is 10.3. The number of rotatable bonds is 13. The first-order valence-electron chi connectivity index (χ1n) is 11.8. The number of amides is 1. The van der Waals surface area contributed by atoms with Crippen LogP contribution in [0.25, 0.3) is 0 Å². The normalized spacial score (nSPS) is 9.00. The van der Waals surface area contributed by atoms with E-state index >= 15 is 0 Å². The van der Waals surface area contributed by atoms with Crippen LogP contribution in [0.5, 0.6) is 0 Å². The molecule has 0 aromatic heterocycles. The summed E-state index contributed by atoms with van der Waals surface area (Å²) in [6, 6.07) is 1.30. The van der Waals surface area contributed by atoms with Gasteiger partial charge in [-0.15, -0.1) is 0 Å². The zero-order valence-electron chi connectivity index (χ0n) is 23.6. The van der Waals surface area contributed by atoms with Crippen LogP contribution in [0.4, 0.5) is 0 Å². The fourth-order valence-electron chi connectivity index (χ4n) is 2.84. The Morgan fingerprint density at radius 1 is 0.590 bits per heavy atom. The fourth-order valence-corrected chi connectivity index (χ4v) is 5.92. The molecule has 39 heavy (non-hydrogen) atoms. The molecule has 0 heterocycles. The molecule has 0 aliphatic carbocycles. The van der Waals surface area contributed by atoms with E-state index in [1.807, 2.05) is 6.55 Å². The molecule has 7 nitrogen and oxygen atoms in total. The molecule has 0 aliphatic heterocycles. The number of carbonyl (C=O) groups is 1. The fraction of sp³-hybridized carbons (Fsp3) is 0.433. The molecule has 9 heteroatoms. The van der Waals surface area contributed by atoms with Gasteiger partial charge in [0.1, 0.15) is 0 Å². The van der Waals surface area contributed by atoms with Crippen LogP contribution < -0.4 is 0 Å². The van der Waals surface area contributed by atoms with E-state index in [2.05, 4.69) is 94.7 Å². The molecule has 0 saturated heterocycles. The molecule has 0 fully saturated rings. The van der Waals surface area contributed by atoms with Crippen molar-refractivity contribution in [2.75, 3.05) is 48.6 Å². The van der Waals surface area contributed by atoms with Crippen molar-refractivity contribution in [1.82, 2.24) is 4.90 Å². The van der Waals surface area contributed by atoms with E-state index in [9.17, 15) is 4.79 Å². The van der Waals surface area contributed by atoms with Gasteiger partial charge < -0.3 is 27.0 Å². The van der Waals surface area contributed by atoms with Crippen molar-refractivity contribution >= 4 is 23.3 Å². The summed E-state index contributed by atoms with van der Waals surface area (Å²) >= 11 is 0. The third-order valence-electron chi connectivity index (χ3n) is 5.16. The minimum atomic E-state index is -2.74. The highest BCUT2D eigenvalue weighted by Gasteiger charge is 2.37. The maximum atomic E-state index is 12.8. The first-order valence-corrected chi connectivity index (χ1v) is 16.3. The van der Waals surface area contributed by atoms with E-state index in [1.165, 1.54) is 0 Å². The Morgan fingerprint density at radius 3 is 1.36 bits per heavy atom. The summed E-state index contributed by atoms with van der Waals surface area (Å²) in [7, 11) is 3.00. The van der Waals surface area contributed by atoms with E-state index in [0.717, 1.165) is 6.04 Å². The van der Waals surface area contributed by atoms with Gasteiger partial charge >= 0.3 is 17.4 Å². The van der Waals surface area contributed by atoms with Crippen LogP contribution in [0.3, 0.4) is 0 Å². The van der Waals surface area contributed by atoms with E-state index < -0.39 is 17.4 Å². The molecular formula is C30H33NO6Si2. The van der Waals surface area contributed by atoms with Crippen molar-refractivity contribution in [2.45, 2.75) is 38.4 Å². The third kappa shape index (κ3) is 16.6. The Morgan fingerprint density at radius 2 is 0.974 bits per heavy atom. The SMILES string of the molecule is CC#CC#CC#CC#CC#CC#CC#CC#CC(=O)N(CCC[Si](C)(OC)OC)CCC[Si](OC)(OC)OC. The van der Waals surface area contributed by atoms with Crippen LogP contribution in [0.1, 0.15) is 19.8 Å². The molecule has 0 rings (SSSR count). The van der Waals surface area contributed by atoms with Crippen molar-refractivity contribution in [1.29, 1.82) is 0 Å². The quantitative estimate of drug-likeness (QED) is 0.254. The Bertz CT molecular complexity index is 1300. The number of hydrogen-bond donors (Lipinski definition) is 0. The van der Waals surface area contributed by atoms with Gasteiger partial charge in [0, 0.05) is 60.6 Å². The molecule has 1 amide bonds. The van der Waals surface area contributed by atoms with Crippen LogP contribution in [0.2, 0.25) is 18.6 Å². The lowest BCUT2D eigenvalue weighted by Crippen LogP contribution is -2.43.